The molecule has 2 rings (SSSR count). The van der Waals surface area contributed by atoms with Crippen molar-refractivity contribution in [1.82, 2.24) is 5.32 Å². The van der Waals surface area contributed by atoms with Crippen molar-refractivity contribution in [3.8, 4) is 0 Å². The molecule has 1 nitrogen and oxygen atoms in total. The number of hydrogen-bond acceptors (Lipinski definition) is 1. The first-order chi connectivity index (χ1) is 8.25. The van der Waals surface area contributed by atoms with Crippen molar-refractivity contribution >= 4 is 0 Å². The maximum Gasteiger partial charge on any atom is 0.0169 e. The Hall–Kier alpha value is -0.300. The second kappa shape index (κ2) is 6.58. The van der Waals surface area contributed by atoms with Crippen LogP contribution in [0.25, 0.3) is 0 Å². The highest BCUT2D eigenvalue weighted by atomic mass is 14.9. The molecule has 2 aliphatic rings. The summed E-state index contributed by atoms with van der Waals surface area (Å²) >= 11 is 0. The quantitative estimate of drug-likeness (QED) is 0.701. The Balaban J connectivity index is 1.92. The average molecular weight is 235 g/mol. The minimum atomic E-state index is 0.614. The summed E-state index contributed by atoms with van der Waals surface area (Å²) in [6.45, 7) is 5.64. The maximum absolute atomic E-state index is 3.63. The van der Waals surface area contributed by atoms with Crippen LogP contribution < -0.4 is 5.32 Å². The first-order valence-corrected chi connectivity index (χ1v) is 7.69. The molecule has 0 spiro atoms. The Kier molecular flexibility index (Phi) is 5.09. The summed E-state index contributed by atoms with van der Waals surface area (Å²) in [6.07, 6.45) is 14.2. The van der Waals surface area contributed by atoms with Crippen LogP contribution in [0.4, 0.5) is 0 Å². The summed E-state index contributed by atoms with van der Waals surface area (Å²) in [4.78, 5) is 0. The lowest BCUT2D eigenvalue weighted by molar-refractivity contribution is 0.362. The van der Waals surface area contributed by atoms with Crippen molar-refractivity contribution in [3.63, 3.8) is 0 Å². The molecule has 2 saturated carbocycles. The third-order valence-electron chi connectivity index (χ3n) is 4.44. The van der Waals surface area contributed by atoms with Gasteiger partial charge in [0.2, 0.25) is 0 Å². The smallest absolute Gasteiger partial charge is 0.0169 e. The highest BCUT2D eigenvalue weighted by molar-refractivity contribution is 5.13. The van der Waals surface area contributed by atoms with Crippen molar-refractivity contribution in [3.05, 3.63) is 11.6 Å². The monoisotopic (exact) mass is 235 g/mol. The Bertz CT molecular complexity index is 244. The number of allylic oxidation sites excluding steroid dienone is 1. The zero-order valence-electron chi connectivity index (χ0n) is 11.7. The molecule has 0 bridgehead atoms. The molecule has 98 valence electrons. The normalized spacial score (nSPS) is 24.1. The summed E-state index contributed by atoms with van der Waals surface area (Å²) in [6, 6.07) is 0.614. The van der Waals surface area contributed by atoms with Crippen LogP contribution in [0.15, 0.2) is 11.6 Å². The van der Waals surface area contributed by atoms with Crippen molar-refractivity contribution in [2.45, 2.75) is 71.3 Å². The molecule has 0 aliphatic heterocycles. The van der Waals surface area contributed by atoms with E-state index < -0.39 is 0 Å². The van der Waals surface area contributed by atoms with Crippen LogP contribution in [-0.2, 0) is 0 Å². The van der Waals surface area contributed by atoms with Gasteiger partial charge in [0.15, 0.2) is 0 Å². The van der Waals surface area contributed by atoms with E-state index in [0.717, 1.165) is 18.4 Å². The Morgan fingerprint density at radius 3 is 2.29 bits per heavy atom. The molecule has 1 heteroatoms. The Labute approximate surface area is 107 Å². The number of rotatable bonds is 5. The van der Waals surface area contributed by atoms with Gasteiger partial charge in [-0.25, -0.2) is 0 Å². The van der Waals surface area contributed by atoms with E-state index in [4.69, 9.17) is 0 Å². The van der Waals surface area contributed by atoms with Crippen LogP contribution in [0.2, 0.25) is 0 Å². The van der Waals surface area contributed by atoms with Crippen molar-refractivity contribution in [2.75, 3.05) is 6.54 Å². The molecule has 0 saturated heterocycles. The van der Waals surface area contributed by atoms with Crippen LogP contribution in [-0.4, -0.2) is 12.6 Å². The van der Waals surface area contributed by atoms with E-state index >= 15 is 0 Å². The van der Waals surface area contributed by atoms with Gasteiger partial charge in [0.25, 0.3) is 0 Å². The summed E-state index contributed by atoms with van der Waals surface area (Å²) in [5, 5.41) is 3.63. The van der Waals surface area contributed by atoms with Gasteiger partial charge in [0.05, 0.1) is 0 Å². The van der Waals surface area contributed by atoms with E-state index in [9.17, 15) is 0 Å². The van der Waals surface area contributed by atoms with Crippen molar-refractivity contribution in [1.29, 1.82) is 0 Å². The van der Waals surface area contributed by atoms with Gasteiger partial charge in [-0.1, -0.05) is 51.2 Å². The molecule has 0 aromatic carbocycles. The minimum Gasteiger partial charge on any atom is -0.311 e. The fraction of sp³-hybridized carbons (Fsp3) is 0.875. The molecular formula is C16H29N. The van der Waals surface area contributed by atoms with E-state index in [2.05, 4.69) is 25.2 Å². The fourth-order valence-electron chi connectivity index (χ4n) is 3.04. The lowest BCUT2D eigenvalue weighted by Gasteiger charge is -2.29. The van der Waals surface area contributed by atoms with Crippen LogP contribution >= 0.6 is 0 Å². The molecule has 1 N–H and O–H groups in total. The molecule has 0 heterocycles. The van der Waals surface area contributed by atoms with E-state index in [1.54, 1.807) is 5.57 Å². The first kappa shape index (κ1) is 13.1. The summed E-state index contributed by atoms with van der Waals surface area (Å²) in [5.74, 6) is 1.82. The molecule has 2 fully saturated rings. The highest BCUT2D eigenvalue weighted by Gasteiger charge is 2.21. The topological polar surface area (TPSA) is 12.0 Å². The standard InChI is InChI=1S/C16H29N/c1-13(2)17-12-16(11-14-7-6-8-14)15-9-4-3-5-10-15/h11,13-15,17H,3-10,12H2,1-2H3. The average Bonchev–Trinajstić information content (AvgIpc) is 2.27. The van der Waals surface area contributed by atoms with Crippen LogP contribution in [0.1, 0.15) is 65.2 Å². The van der Waals surface area contributed by atoms with E-state index in [1.807, 2.05) is 0 Å². The van der Waals surface area contributed by atoms with Crippen LogP contribution in [0.5, 0.6) is 0 Å². The van der Waals surface area contributed by atoms with Crippen molar-refractivity contribution < 1.29 is 0 Å². The summed E-state index contributed by atoms with van der Waals surface area (Å²) in [5.41, 5.74) is 1.74. The molecule has 0 radical (unpaired) electrons. The van der Waals surface area contributed by atoms with Gasteiger partial charge in [-0.05, 0) is 37.5 Å². The molecule has 2 aliphatic carbocycles. The Morgan fingerprint density at radius 2 is 1.76 bits per heavy atom. The summed E-state index contributed by atoms with van der Waals surface area (Å²) in [7, 11) is 0. The van der Waals surface area contributed by atoms with Gasteiger partial charge >= 0.3 is 0 Å². The molecule has 0 unspecified atom stereocenters. The van der Waals surface area contributed by atoms with Crippen LogP contribution in [0, 0.1) is 11.8 Å². The largest absolute Gasteiger partial charge is 0.311 e. The highest BCUT2D eigenvalue weighted by Crippen LogP contribution is 2.34. The molecular weight excluding hydrogens is 206 g/mol. The number of nitrogens with one attached hydrogen (secondary N) is 1. The molecule has 0 aromatic heterocycles. The van der Waals surface area contributed by atoms with E-state index in [1.165, 1.54) is 51.4 Å². The van der Waals surface area contributed by atoms with Gasteiger partial charge in [-0.15, -0.1) is 0 Å². The van der Waals surface area contributed by atoms with Crippen molar-refractivity contribution in [2.24, 2.45) is 11.8 Å². The third-order valence-corrected chi connectivity index (χ3v) is 4.44. The molecule has 0 atom stereocenters. The van der Waals surface area contributed by atoms with Gasteiger partial charge in [-0.3, -0.25) is 0 Å². The van der Waals surface area contributed by atoms with Gasteiger partial charge in [0.1, 0.15) is 0 Å². The lowest BCUT2D eigenvalue weighted by Crippen LogP contribution is -2.28. The predicted molar refractivity (Wildman–Crippen MR) is 75.1 cm³/mol. The zero-order chi connectivity index (χ0) is 12.1. The minimum absolute atomic E-state index is 0.614. The first-order valence-electron chi connectivity index (χ1n) is 7.69. The van der Waals surface area contributed by atoms with Crippen LogP contribution in [0.3, 0.4) is 0 Å². The zero-order valence-corrected chi connectivity index (χ0v) is 11.7. The Morgan fingerprint density at radius 1 is 1.06 bits per heavy atom. The fourth-order valence-corrected chi connectivity index (χ4v) is 3.04. The lowest BCUT2D eigenvalue weighted by atomic mass is 9.78. The predicted octanol–water partition coefficient (Wildman–Crippen LogP) is 4.29. The van der Waals surface area contributed by atoms with Gasteiger partial charge in [-0.2, -0.15) is 0 Å². The van der Waals surface area contributed by atoms with Gasteiger partial charge in [0, 0.05) is 12.6 Å². The molecule has 0 aromatic rings. The molecule has 17 heavy (non-hydrogen) atoms. The molecule has 0 amide bonds. The van der Waals surface area contributed by atoms with E-state index in [0.29, 0.717) is 6.04 Å². The second-order valence-corrected chi connectivity index (χ2v) is 6.30. The maximum atomic E-state index is 3.63. The second-order valence-electron chi connectivity index (χ2n) is 6.30. The third kappa shape index (κ3) is 4.13. The number of hydrogen-bond donors (Lipinski definition) is 1. The van der Waals surface area contributed by atoms with Gasteiger partial charge < -0.3 is 5.32 Å². The SMILES string of the molecule is CC(C)NCC(=CC1CCC1)C1CCCCC1. The summed E-state index contributed by atoms with van der Waals surface area (Å²) < 4.78 is 0. The van der Waals surface area contributed by atoms with E-state index in [-0.39, 0.29) is 0 Å².